The molecule has 1 heterocycles. The molecular formula is C22H19Cl3N4O3. The van der Waals surface area contributed by atoms with Crippen molar-refractivity contribution >= 4 is 58.2 Å². The largest absolute Gasteiger partial charge is 0.481 e. The summed E-state index contributed by atoms with van der Waals surface area (Å²) in [6.45, 7) is 0. The maximum absolute atomic E-state index is 12.4. The Balaban J connectivity index is 1.74. The maximum Gasteiger partial charge on any atom is 0.308 e. The van der Waals surface area contributed by atoms with Crippen LogP contribution in [0.4, 0.5) is 11.5 Å². The summed E-state index contributed by atoms with van der Waals surface area (Å²) in [5, 5.41) is 12.7. The van der Waals surface area contributed by atoms with Crippen LogP contribution in [-0.4, -0.2) is 41.0 Å². The highest BCUT2D eigenvalue weighted by atomic mass is 35.5. The first-order valence-electron chi connectivity index (χ1n) is 9.43. The zero-order valence-electron chi connectivity index (χ0n) is 17.2. The van der Waals surface area contributed by atoms with Crippen molar-refractivity contribution in [2.45, 2.75) is 12.8 Å². The quantitative estimate of drug-likeness (QED) is 0.451. The number of carboxylic acid groups (broad SMARTS) is 1. The van der Waals surface area contributed by atoms with Gasteiger partial charge in [0.15, 0.2) is 0 Å². The molecule has 0 saturated heterocycles. The van der Waals surface area contributed by atoms with Gasteiger partial charge in [-0.05, 0) is 35.9 Å². The number of hydrogen-bond acceptors (Lipinski definition) is 5. The van der Waals surface area contributed by atoms with Crippen LogP contribution in [0.15, 0.2) is 42.5 Å². The molecule has 0 unspecified atom stereocenters. The summed E-state index contributed by atoms with van der Waals surface area (Å²) in [4.78, 5) is 34.0. The van der Waals surface area contributed by atoms with Crippen LogP contribution in [0.5, 0.6) is 0 Å². The van der Waals surface area contributed by atoms with Gasteiger partial charge in [0.2, 0.25) is 0 Å². The molecule has 7 nitrogen and oxygen atoms in total. The number of anilines is 2. The lowest BCUT2D eigenvalue weighted by Gasteiger charge is -2.17. The minimum absolute atomic E-state index is 0.117. The molecule has 0 bridgehead atoms. The number of rotatable bonds is 7. The van der Waals surface area contributed by atoms with E-state index in [1.165, 1.54) is 6.07 Å². The first kappa shape index (κ1) is 23.8. The molecule has 3 aromatic rings. The number of hydrogen-bond donors (Lipinski definition) is 2. The topological polar surface area (TPSA) is 95.4 Å². The van der Waals surface area contributed by atoms with Gasteiger partial charge in [-0.15, -0.1) is 0 Å². The van der Waals surface area contributed by atoms with Crippen molar-refractivity contribution in [3.05, 3.63) is 80.2 Å². The van der Waals surface area contributed by atoms with Gasteiger partial charge in [-0.3, -0.25) is 9.59 Å². The minimum Gasteiger partial charge on any atom is -0.481 e. The van der Waals surface area contributed by atoms with Crippen molar-refractivity contribution in [2.75, 3.05) is 24.3 Å². The van der Waals surface area contributed by atoms with Gasteiger partial charge >= 0.3 is 5.97 Å². The molecule has 166 valence electrons. The SMILES string of the molecule is CN(C)c1nc(Cc2ccc(NC(=O)c3ccc(Cl)c(Cl)c3)cc2)nc(Cl)c1CC(=O)O. The Kier molecular flexibility index (Phi) is 7.56. The number of benzene rings is 2. The molecule has 0 aliphatic heterocycles. The van der Waals surface area contributed by atoms with Crippen molar-refractivity contribution in [1.82, 2.24) is 9.97 Å². The van der Waals surface area contributed by atoms with Gasteiger partial charge in [0.1, 0.15) is 16.8 Å². The van der Waals surface area contributed by atoms with Gasteiger partial charge in [0.25, 0.3) is 5.91 Å². The van der Waals surface area contributed by atoms with Gasteiger partial charge < -0.3 is 15.3 Å². The number of aliphatic carboxylic acids is 1. The third-order valence-corrected chi connectivity index (χ3v) is 5.54. The third-order valence-electron chi connectivity index (χ3n) is 4.49. The van der Waals surface area contributed by atoms with Crippen LogP contribution in [0.2, 0.25) is 15.2 Å². The smallest absolute Gasteiger partial charge is 0.308 e. The van der Waals surface area contributed by atoms with Crippen molar-refractivity contribution in [2.24, 2.45) is 0 Å². The number of carbonyl (C=O) groups excluding carboxylic acids is 1. The summed E-state index contributed by atoms with van der Waals surface area (Å²) in [7, 11) is 3.53. The summed E-state index contributed by atoms with van der Waals surface area (Å²) in [5.74, 6) is -0.394. The molecule has 2 N–H and O–H groups in total. The molecule has 0 aliphatic carbocycles. The lowest BCUT2D eigenvalue weighted by Crippen LogP contribution is -2.18. The van der Waals surface area contributed by atoms with Crippen LogP contribution >= 0.6 is 34.8 Å². The molecule has 0 spiro atoms. The maximum atomic E-state index is 12.4. The normalized spacial score (nSPS) is 10.7. The van der Waals surface area contributed by atoms with Gasteiger partial charge in [0.05, 0.1) is 16.5 Å². The van der Waals surface area contributed by atoms with E-state index in [9.17, 15) is 9.59 Å². The van der Waals surface area contributed by atoms with E-state index in [0.29, 0.717) is 44.9 Å². The van der Waals surface area contributed by atoms with E-state index in [1.54, 1.807) is 43.3 Å². The number of nitrogens with one attached hydrogen (secondary N) is 1. The lowest BCUT2D eigenvalue weighted by molar-refractivity contribution is -0.136. The van der Waals surface area contributed by atoms with E-state index in [1.807, 2.05) is 12.1 Å². The van der Waals surface area contributed by atoms with Gasteiger partial charge in [0, 0.05) is 37.3 Å². The molecule has 0 saturated carbocycles. The van der Waals surface area contributed by atoms with Crippen molar-refractivity contribution in [1.29, 1.82) is 0 Å². The second-order valence-electron chi connectivity index (χ2n) is 7.15. The molecule has 0 atom stereocenters. The fourth-order valence-electron chi connectivity index (χ4n) is 2.97. The molecule has 0 aliphatic rings. The number of carboxylic acids is 1. The molecule has 3 rings (SSSR count). The zero-order chi connectivity index (χ0) is 23.4. The first-order chi connectivity index (χ1) is 15.1. The average molecular weight is 494 g/mol. The Bertz CT molecular complexity index is 1170. The Morgan fingerprint density at radius 2 is 1.69 bits per heavy atom. The van der Waals surface area contributed by atoms with E-state index in [4.69, 9.17) is 39.9 Å². The van der Waals surface area contributed by atoms with Crippen LogP contribution in [-0.2, 0) is 17.6 Å². The molecular weight excluding hydrogens is 475 g/mol. The molecule has 1 amide bonds. The van der Waals surface area contributed by atoms with Crippen LogP contribution in [0.25, 0.3) is 0 Å². The van der Waals surface area contributed by atoms with E-state index in [-0.39, 0.29) is 17.5 Å². The summed E-state index contributed by atoms with van der Waals surface area (Å²) >= 11 is 18.1. The van der Waals surface area contributed by atoms with Gasteiger partial charge in [-0.2, -0.15) is 0 Å². The summed E-state index contributed by atoms with van der Waals surface area (Å²) in [6, 6.07) is 11.9. The number of carbonyl (C=O) groups is 2. The van der Waals surface area contributed by atoms with Gasteiger partial charge in [-0.1, -0.05) is 46.9 Å². The average Bonchev–Trinajstić information content (AvgIpc) is 2.72. The van der Waals surface area contributed by atoms with Crippen LogP contribution < -0.4 is 10.2 Å². The standard InChI is InChI=1S/C22H19Cl3N4O3/c1-29(2)21-15(11-19(30)31)20(25)27-18(28-21)9-12-3-6-14(7-4-12)26-22(32)13-5-8-16(23)17(24)10-13/h3-8,10H,9,11H2,1-2H3,(H,26,32)(H,30,31). The Labute approximate surface area is 200 Å². The van der Waals surface area contributed by atoms with E-state index >= 15 is 0 Å². The summed E-state index contributed by atoms with van der Waals surface area (Å²) in [6.07, 6.45) is 0.120. The monoisotopic (exact) mass is 492 g/mol. The van der Waals surface area contributed by atoms with Crippen molar-refractivity contribution in [3.63, 3.8) is 0 Å². The molecule has 10 heteroatoms. The molecule has 0 radical (unpaired) electrons. The Morgan fingerprint density at radius 3 is 2.28 bits per heavy atom. The second-order valence-corrected chi connectivity index (χ2v) is 8.33. The van der Waals surface area contributed by atoms with Crippen LogP contribution in [0, 0.1) is 0 Å². The number of aromatic nitrogens is 2. The van der Waals surface area contributed by atoms with E-state index < -0.39 is 5.97 Å². The fourth-order valence-corrected chi connectivity index (χ4v) is 3.52. The van der Waals surface area contributed by atoms with Crippen molar-refractivity contribution in [3.8, 4) is 0 Å². The highest BCUT2D eigenvalue weighted by Crippen LogP contribution is 2.26. The predicted octanol–water partition coefficient (Wildman–Crippen LogP) is 4.97. The molecule has 32 heavy (non-hydrogen) atoms. The fraction of sp³-hybridized carbons (Fsp3) is 0.182. The number of nitrogens with zero attached hydrogens (tertiary/aromatic N) is 3. The second kappa shape index (κ2) is 10.2. The molecule has 0 fully saturated rings. The molecule has 2 aromatic carbocycles. The van der Waals surface area contributed by atoms with E-state index in [2.05, 4.69) is 15.3 Å². The predicted molar refractivity (Wildman–Crippen MR) is 126 cm³/mol. The number of halogens is 3. The summed E-state index contributed by atoms with van der Waals surface area (Å²) < 4.78 is 0. The van der Waals surface area contributed by atoms with Crippen LogP contribution in [0.3, 0.4) is 0 Å². The van der Waals surface area contributed by atoms with Gasteiger partial charge in [-0.25, -0.2) is 9.97 Å². The Hall–Kier alpha value is -2.87. The lowest BCUT2D eigenvalue weighted by atomic mass is 10.1. The third kappa shape index (κ3) is 5.88. The summed E-state index contributed by atoms with van der Waals surface area (Å²) in [5.41, 5.74) is 2.26. The highest BCUT2D eigenvalue weighted by molar-refractivity contribution is 6.42. The number of amides is 1. The molecule has 1 aromatic heterocycles. The minimum atomic E-state index is -1.01. The first-order valence-corrected chi connectivity index (χ1v) is 10.6. The van der Waals surface area contributed by atoms with Crippen LogP contribution in [0.1, 0.15) is 27.3 Å². The highest BCUT2D eigenvalue weighted by Gasteiger charge is 2.18. The zero-order valence-corrected chi connectivity index (χ0v) is 19.5. The van der Waals surface area contributed by atoms with Crippen molar-refractivity contribution < 1.29 is 14.7 Å². The Morgan fingerprint density at radius 1 is 1.00 bits per heavy atom. The van der Waals surface area contributed by atoms with E-state index in [0.717, 1.165) is 5.56 Å².